The highest BCUT2D eigenvalue weighted by Gasteiger charge is 2.03. The van der Waals surface area contributed by atoms with Crippen LogP contribution in [0.4, 0.5) is 0 Å². The van der Waals surface area contributed by atoms with Crippen molar-refractivity contribution in [3.8, 4) is 5.75 Å². The van der Waals surface area contributed by atoms with E-state index in [1.807, 2.05) is 0 Å². The molecule has 0 saturated carbocycles. The van der Waals surface area contributed by atoms with Crippen molar-refractivity contribution in [2.24, 2.45) is 4.99 Å². The van der Waals surface area contributed by atoms with Gasteiger partial charge in [0.15, 0.2) is 5.78 Å². The van der Waals surface area contributed by atoms with Crippen LogP contribution in [-0.4, -0.2) is 19.1 Å². The van der Waals surface area contributed by atoms with E-state index in [1.54, 1.807) is 37.6 Å². The van der Waals surface area contributed by atoms with Crippen LogP contribution < -0.4 is 4.74 Å². The summed E-state index contributed by atoms with van der Waals surface area (Å²) in [7, 11) is 1.61. The quantitative estimate of drug-likeness (QED) is 0.596. The number of carbonyl (C=O) groups is 1. The maximum atomic E-state index is 12.0. The Balaban J connectivity index is 1.85. The summed E-state index contributed by atoms with van der Waals surface area (Å²) >= 11 is 0. The van der Waals surface area contributed by atoms with Gasteiger partial charge < -0.3 is 4.74 Å². The summed E-state index contributed by atoms with van der Waals surface area (Å²) in [5.41, 5.74) is 3.06. The Kier molecular flexibility index (Phi) is 5.27. The third-order valence-corrected chi connectivity index (χ3v) is 3.21. The van der Waals surface area contributed by atoms with Gasteiger partial charge in [-0.05, 0) is 36.8 Å². The monoisotopic (exact) mass is 281 g/mol. The minimum Gasteiger partial charge on any atom is -0.497 e. The molecule has 108 valence electrons. The van der Waals surface area contributed by atoms with Gasteiger partial charge in [-0.3, -0.25) is 9.79 Å². The number of ether oxygens (including phenoxy) is 1. The van der Waals surface area contributed by atoms with Crippen molar-refractivity contribution >= 4 is 12.0 Å². The molecular formula is C18H19NO2. The summed E-state index contributed by atoms with van der Waals surface area (Å²) in [6.45, 7) is 2.66. The third kappa shape index (κ3) is 4.56. The second kappa shape index (κ2) is 7.39. The molecule has 0 fully saturated rings. The molecule has 0 radical (unpaired) electrons. The van der Waals surface area contributed by atoms with Crippen LogP contribution in [0.1, 0.15) is 27.9 Å². The van der Waals surface area contributed by atoms with Crippen molar-refractivity contribution in [1.82, 2.24) is 0 Å². The van der Waals surface area contributed by atoms with Gasteiger partial charge in [-0.15, -0.1) is 0 Å². The van der Waals surface area contributed by atoms with E-state index in [1.165, 1.54) is 5.56 Å². The van der Waals surface area contributed by atoms with E-state index in [9.17, 15) is 4.79 Å². The maximum absolute atomic E-state index is 12.0. The molecule has 0 bridgehead atoms. The van der Waals surface area contributed by atoms with Crippen LogP contribution in [0.15, 0.2) is 53.5 Å². The standard InChI is InChI=1S/C18H19NO2/c1-14-3-5-15(6-4-14)13-19-12-11-18(20)16-7-9-17(21-2)10-8-16/h3-10,12H,11,13H2,1-2H3. The van der Waals surface area contributed by atoms with E-state index in [0.29, 0.717) is 18.5 Å². The van der Waals surface area contributed by atoms with Crippen molar-refractivity contribution in [3.63, 3.8) is 0 Å². The van der Waals surface area contributed by atoms with Gasteiger partial charge in [-0.1, -0.05) is 29.8 Å². The van der Waals surface area contributed by atoms with Gasteiger partial charge in [0.05, 0.1) is 13.7 Å². The fourth-order valence-corrected chi connectivity index (χ4v) is 1.91. The zero-order valence-corrected chi connectivity index (χ0v) is 12.4. The minimum atomic E-state index is 0.0605. The van der Waals surface area contributed by atoms with Crippen LogP contribution >= 0.6 is 0 Å². The summed E-state index contributed by atoms with van der Waals surface area (Å²) in [6.07, 6.45) is 2.00. The first-order valence-electron chi connectivity index (χ1n) is 6.90. The number of Topliss-reactive ketones (excluding diaryl/α,β-unsaturated/α-hetero) is 1. The Morgan fingerprint density at radius 1 is 1.10 bits per heavy atom. The molecule has 0 aliphatic heterocycles. The Morgan fingerprint density at radius 2 is 1.76 bits per heavy atom. The molecular weight excluding hydrogens is 262 g/mol. The first-order valence-corrected chi connectivity index (χ1v) is 6.90. The Hall–Kier alpha value is -2.42. The number of aliphatic imine (C=N–C) groups is 1. The number of carbonyl (C=O) groups excluding carboxylic acids is 1. The normalized spacial score (nSPS) is 10.8. The molecule has 2 aromatic rings. The lowest BCUT2D eigenvalue weighted by Crippen LogP contribution is -1.99. The zero-order chi connectivity index (χ0) is 15.1. The van der Waals surface area contributed by atoms with Gasteiger partial charge >= 0.3 is 0 Å². The summed E-state index contributed by atoms with van der Waals surface area (Å²) in [5.74, 6) is 0.810. The summed E-state index contributed by atoms with van der Waals surface area (Å²) in [5, 5.41) is 0. The average Bonchev–Trinajstić information content (AvgIpc) is 2.53. The molecule has 0 spiro atoms. The number of nitrogens with zero attached hydrogens (tertiary/aromatic N) is 1. The van der Waals surface area contributed by atoms with Crippen LogP contribution in [0.2, 0.25) is 0 Å². The van der Waals surface area contributed by atoms with Gasteiger partial charge in [0.25, 0.3) is 0 Å². The SMILES string of the molecule is COc1ccc(C(=O)CC=NCc2ccc(C)cc2)cc1. The predicted octanol–water partition coefficient (Wildman–Crippen LogP) is 3.85. The molecule has 0 unspecified atom stereocenters. The van der Waals surface area contributed by atoms with Crippen LogP contribution in [0.3, 0.4) is 0 Å². The van der Waals surface area contributed by atoms with Gasteiger partial charge in [0.2, 0.25) is 0 Å². The molecule has 0 aliphatic carbocycles. The van der Waals surface area contributed by atoms with Crippen molar-refractivity contribution in [1.29, 1.82) is 0 Å². The van der Waals surface area contributed by atoms with Crippen molar-refractivity contribution < 1.29 is 9.53 Å². The number of ketones is 1. The lowest BCUT2D eigenvalue weighted by molar-refractivity contribution is 0.100. The van der Waals surface area contributed by atoms with Crippen LogP contribution in [0.25, 0.3) is 0 Å². The fraction of sp³-hybridized carbons (Fsp3) is 0.222. The molecule has 2 aromatic carbocycles. The number of hydrogen-bond donors (Lipinski definition) is 0. The van der Waals surface area contributed by atoms with Crippen molar-refractivity contribution in [2.45, 2.75) is 19.9 Å². The molecule has 0 aliphatic rings. The molecule has 3 nitrogen and oxygen atoms in total. The highest BCUT2D eigenvalue weighted by atomic mass is 16.5. The Labute approximate surface area is 125 Å². The zero-order valence-electron chi connectivity index (χ0n) is 12.4. The van der Waals surface area contributed by atoms with Crippen molar-refractivity contribution in [2.75, 3.05) is 7.11 Å². The lowest BCUT2D eigenvalue weighted by Gasteiger charge is -2.01. The fourth-order valence-electron chi connectivity index (χ4n) is 1.91. The number of methoxy groups -OCH3 is 1. The number of benzene rings is 2. The molecule has 21 heavy (non-hydrogen) atoms. The molecule has 0 heterocycles. The molecule has 0 N–H and O–H groups in total. The van der Waals surface area contributed by atoms with Crippen LogP contribution in [-0.2, 0) is 6.54 Å². The van der Waals surface area contributed by atoms with Crippen LogP contribution in [0, 0.1) is 6.92 Å². The minimum absolute atomic E-state index is 0.0605. The maximum Gasteiger partial charge on any atom is 0.168 e. The summed E-state index contributed by atoms with van der Waals surface area (Å²) in [4.78, 5) is 16.3. The topological polar surface area (TPSA) is 38.7 Å². The second-order valence-corrected chi connectivity index (χ2v) is 4.86. The van der Waals surface area contributed by atoms with E-state index in [4.69, 9.17) is 4.74 Å². The first kappa shape index (κ1) is 15.0. The van der Waals surface area contributed by atoms with E-state index in [-0.39, 0.29) is 5.78 Å². The molecule has 2 rings (SSSR count). The van der Waals surface area contributed by atoms with Gasteiger partial charge in [0, 0.05) is 18.2 Å². The highest BCUT2D eigenvalue weighted by Crippen LogP contribution is 2.12. The number of rotatable bonds is 6. The largest absolute Gasteiger partial charge is 0.497 e. The van der Waals surface area contributed by atoms with E-state index < -0.39 is 0 Å². The van der Waals surface area contributed by atoms with Gasteiger partial charge in [-0.2, -0.15) is 0 Å². The molecule has 0 saturated heterocycles. The average molecular weight is 281 g/mol. The highest BCUT2D eigenvalue weighted by molar-refractivity contribution is 6.03. The van der Waals surface area contributed by atoms with Crippen LogP contribution in [0.5, 0.6) is 5.75 Å². The molecule has 0 atom stereocenters. The smallest absolute Gasteiger partial charge is 0.168 e. The number of hydrogen-bond acceptors (Lipinski definition) is 3. The van der Waals surface area contributed by atoms with Gasteiger partial charge in [-0.25, -0.2) is 0 Å². The Bertz CT molecular complexity index is 613. The molecule has 0 amide bonds. The van der Waals surface area contributed by atoms with E-state index in [0.717, 1.165) is 11.3 Å². The first-order chi connectivity index (χ1) is 10.2. The molecule has 0 aromatic heterocycles. The van der Waals surface area contributed by atoms with E-state index >= 15 is 0 Å². The second-order valence-electron chi connectivity index (χ2n) is 4.86. The number of aryl methyl sites for hydroxylation is 1. The summed E-state index contributed by atoms with van der Waals surface area (Å²) < 4.78 is 5.07. The third-order valence-electron chi connectivity index (χ3n) is 3.21. The summed E-state index contributed by atoms with van der Waals surface area (Å²) in [6, 6.07) is 15.4. The lowest BCUT2D eigenvalue weighted by atomic mass is 10.1. The van der Waals surface area contributed by atoms with Gasteiger partial charge in [0.1, 0.15) is 5.75 Å². The Morgan fingerprint density at radius 3 is 2.38 bits per heavy atom. The molecule has 3 heteroatoms. The van der Waals surface area contributed by atoms with E-state index in [2.05, 4.69) is 36.2 Å². The predicted molar refractivity (Wildman–Crippen MR) is 85.3 cm³/mol. The van der Waals surface area contributed by atoms with Crippen molar-refractivity contribution in [3.05, 3.63) is 65.2 Å².